The number of rotatable bonds is 5. The summed E-state index contributed by atoms with van der Waals surface area (Å²) in [5.74, 6) is 0.809. The maximum absolute atomic E-state index is 12.0. The summed E-state index contributed by atoms with van der Waals surface area (Å²) in [6.45, 7) is 1.07. The van der Waals surface area contributed by atoms with E-state index >= 15 is 0 Å². The van der Waals surface area contributed by atoms with E-state index in [9.17, 15) is 4.79 Å². The van der Waals surface area contributed by atoms with Crippen molar-refractivity contribution in [2.75, 3.05) is 6.61 Å². The Hall–Kier alpha value is -1.49. The first-order chi connectivity index (χ1) is 9.24. The summed E-state index contributed by atoms with van der Waals surface area (Å²) in [5.41, 5.74) is 0.0698. The van der Waals surface area contributed by atoms with Gasteiger partial charge >= 0.3 is 5.69 Å². The van der Waals surface area contributed by atoms with Crippen molar-refractivity contribution < 1.29 is 4.74 Å². The number of hydrogen-bond donors (Lipinski definition) is 0. The third kappa shape index (κ3) is 2.92. The van der Waals surface area contributed by atoms with Crippen molar-refractivity contribution in [3.8, 4) is 5.75 Å². The van der Waals surface area contributed by atoms with Gasteiger partial charge in [-0.15, -0.1) is 0 Å². The Morgan fingerprint density at radius 1 is 1.32 bits per heavy atom. The molecule has 1 aromatic heterocycles. The second kappa shape index (κ2) is 5.25. The molecule has 0 saturated heterocycles. The molecule has 3 rings (SSSR count). The molecular weight excluding hydrogens is 308 g/mol. The van der Waals surface area contributed by atoms with Crippen LogP contribution in [-0.2, 0) is 6.54 Å². The Balaban J connectivity index is 1.59. The molecule has 0 N–H and O–H groups in total. The van der Waals surface area contributed by atoms with Crippen LogP contribution in [0.2, 0.25) is 0 Å². The van der Waals surface area contributed by atoms with Crippen molar-refractivity contribution in [3.63, 3.8) is 0 Å². The van der Waals surface area contributed by atoms with Gasteiger partial charge in [0.25, 0.3) is 0 Å². The average Bonchev–Trinajstić information content (AvgIpc) is 3.16. The number of nitrogens with zero attached hydrogens (tertiary/aromatic N) is 2. The minimum absolute atomic E-state index is 0.0698. The SMILES string of the molecule is O=c1n(CCOc2cccc(Br)c2)ccn1C1CC1. The van der Waals surface area contributed by atoms with E-state index in [4.69, 9.17) is 4.74 Å². The molecule has 1 aliphatic rings. The van der Waals surface area contributed by atoms with Gasteiger partial charge in [0.05, 0.1) is 6.54 Å². The minimum atomic E-state index is 0.0698. The smallest absolute Gasteiger partial charge is 0.328 e. The summed E-state index contributed by atoms with van der Waals surface area (Å²) in [7, 11) is 0. The van der Waals surface area contributed by atoms with Crippen LogP contribution in [0.1, 0.15) is 18.9 Å². The first-order valence-corrected chi connectivity index (χ1v) is 7.19. The highest BCUT2D eigenvalue weighted by molar-refractivity contribution is 9.10. The number of aromatic nitrogens is 2. The van der Waals surface area contributed by atoms with Crippen molar-refractivity contribution in [1.29, 1.82) is 0 Å². The van der Waals surface area contributed by atoms with Crippen LogP contribution in [0.3, 0.4) is 0 Å². The lowest BCUT2D eigenvalue weighted by Crippen LogP contribution is -2.25. The maximum Gasteiger partial charge on any atom is 0.328 e. The van der Waals surface area contributed by atoms with Crippen LogP contribution < -0.4 is 10.4 Å². The Morgan fingerprint density at radius 2 is 2.16 bits per heavy atom. The number of halogens is 1. The molecule has 2 aromatic rings. The average molecular weight is 323 g/mol. The maximum atomic E-state index is 12.0. The summed E-state index contributed by atoms with van der Waals surface area (Å²) < 4.78 is 10.1. The number of imidazole rings is 1. The fourth-order valence-corrected chi connectivity index (χ4v) is 2.43. The lowest BCUT2D eigenvalue weighted by atomic mass is 10.3. The van der Waals surface area contributed by atoms with Crippen LogP contribution in [0.4, 0.5) is 0 Å². The summed E-state index contributed by atoms with van der Waals surface area (Å²) in [4.78, 5) is 12.0. The second-order valence-corrected chi connectivity index (χ2v) is 5.63. The van der Waals surface area contributed by atoms with Gasteiger partial charge < -0.3 is 4.74 Å². The topological polar surface area (TPSA) is 36.2 Å². The highest BCUT2D eigenvalue weighted by Crippen LogP contribution is 2.33. The van der Waals surface area contributed by atoms with Crippen molar-refractivity contribution in [1.82, 2.24) is 9.13 Å². The first kappa shape index (κ1) is 12.5. The highest BCUT2D eigenvalue weighted by atomic mass is 79.9. The molecule has 0 radical (unpaired) electrons. The lowest BCUT2D eigenvalue weighted by Gasteiger charge is -2.06. The largest absolute Gasteiger partial charge is 0.492 e. The lowest BCUT2D eigenvalue weighted by molar-refractivity contribution is 0.295. The van der Waals surface area contributed by atoms with E-state index in [2.05, 4.69) is 15.9 Å². The molecule has 100 valence electrons. The molecule has 1 aliphatic carbocycles. The van der Waals surface area contributed by atoms with Gasteiger partial charge in [0.1, 0.15) is 12.4 Å². The summed E-state index contributed by atoms with van der Waals surface area (Å²) in [6.07, 6.45) is 5.96. The molecule has 0 bridgehead atoms. The molecule has 0 unspecified atom stereocenters. The first-order valence-electron chi connectivity index (χ1n) is 6.40. The fourth-order valence-electron chi connectivity index (χ4n) is 2.05. The van der Waals surface area contributed by atoms with E-state index in [1.54, 1.807) is 4.57 Å². The predicted molar refractivity (Wildman–Crippen MR) is 76.6 cm³/mol. The highest BCUT2D eigenvalue weighted by Gasteiger charge is 2.25. The van der Waals surface area contributed by atoms with Crippen molar-refractivity contribution in [2.45, 2.75) is 25.4 Å². The molecule has 1 saturated carbocycles. The molecule has 0 aliphatic heterocycles. The van der Waals surface area contributed by atoms with E-state index in [0.717, 1.165) is 23.1 Å². The van der Waals surface area contributed by atoms with Crippen molar-refractivity contribution in [3.05, 3.63) is 51.6 Å². The minimum Gasteiger partial charge on any atom is -0.492 e. The summed E-state index contributed by atoms with van der Waals surface area (Å²) in [6, 6.07) is 8.13. The second-order valence-electron chi connectivity index (χ2n) is 4.72. The molecule has 0 amide bonds. The van der Waals surface area contributed by atoms with Gasteiger partial charge in [0.2, 0.25) is 0 Å². The molecule has 0 spiro atoms. The molecule has 4 nitrogen and oxygen atoms in total. The molecule has 0 atom stereocenters. The summed E-state index contributed by atoms with van der Waals surface area (Å²) >= 11 is 3.40. The Kier molecular flexibility index (Phi) is 3.46. The van der Waals surface area contributed by atoms with Crippen LogP contribution in [0.25, 0.3) is 0 Å². The van der Waals surface area contributed by atoms with Crippen LogP contribution in [0.5, 0.6) is 5.75 Å². The van der Waals surface area contributed by atoms with E-state index < -0.39 is 0 Å². The molecule has 1 heterocycles. The molecular formula is C14H15BrN2O2. The standard InChI is InChI=1S/C14H15BrN2O2/c15-11-2-1-3-13(10-11)19-9-8-16-6-7-17(14(16)18)12-4-5-12/h1-3,6-7,10,12H,4-5,8-9H2. The number of hydrogen-bond acceptors (Lipinski definition) is 2. The van der Waals surface area contributed by atoms with Gasteiger partial charge in [-0.25, -0.2) is 4.79 Å². The zero-order valence-corrected chi connectivity index (χ0v) is 12.0. The van der Waals surface area contributed by atoms with Gasteiger partial charge in [-0.05, 0) is 31.0 Å². The Labute approximate surface area is 119 Å². The monoisotopic (exact) mass is 322 g/mol. The van der Waals surface area contributed by atoms with Crippen LogP contribution in [0, 0.1) is 0 Å². The number of benzene rings is 1. The van der Waals surface area contributed by atoms with Crippen molar-refractivity contribution in [2.24, 2.45) is 0 Å². The zero-order valence-electron chi connectivity index (χ0n) is 10.5. The van der Waals surface area contributed by atoms with Crippen molar-refractivity contribution >= 4 is 15.9 Å². The van der Waals surface area contributed by atoms with E-state index in [0.29, 0.717) is 19.2 Å². The number of ether oxygens (including phenoxy) is 1. The van der Waals surface area contributed by atoms with Gasteiger partial charge in [0.15, 0.2) is 0 Å². The fraction of sp³-hybridized carbons (Fsp3) is 0.357. The van der Waals surface area contributed by atoms with Gasteiger partial charge in [-0.2, -0.15) is 0 Å². The van der Waals surface area contributed by atoms with Gasteiger partial charge in [0, 0.05) is 22.9 Å². The van der Waals surface area contributed by atoms with Crippen LogP contribution >= 0.6 is 15.9 Å². The van der Waals surface area contributed by atoms with Gasteiger partial charge in [-0.3, -0.25) is 9.13 Å². The van der Waals surface area contributed by atoms with E-state index in [-0.39, 0.29) is 5.69 Å². The Morgan fingerprint density at radius 3 is 2.89 bits per heavy atom. The molecule has 5 heteroatoms. The van der Waals surface area contributed by atoms with Crippen LogP contribution in [-0.4, -0.2) is 15.7 Å². The third-order valence-electron chi connectivity index (χ3n) is 3.21. The normalized spacial score (nSPS) is 14.6. The Bertz CT molecular complexity index is 628. The molecule has 1 aromatic carbocycles. The summed E-state index contributed by atoms with van der Waals surface area (Å²) in [5, 5.41) is 0. The third-order valence-corrected chi connectivity index (χ3v) is 3.70. The van der Waals surface area contributed by atoms with Gasteiger partial charge in [-0.1, -0.05) is 22.0 Å². The molecule has 19 heavy (non-hydrogen) atoms. The quantitative estimate of drug-likeness (QED) is 0.848. The molecule has 1 fully saturated rings. The predicted octanol–water partition coefficient (Wildman–Crippen LogP) is 2.83. The van der Waals surface area contributed by atoms with Crippen LogP contribution in [0.15, 0.2) is 45.9 Å². The van der Waals surface area contributed by atoms with E-state index in [1.807, 2.05) is 41.2 Å². The van der Waals surface area contributed by atoms with E-state index in [1.165, 1.54) is 0 Å². The zero-order chi connectivity index (χ0) is 13.2.